The summed E-state index contributed by atoms with van der Waals surface area (Å²) >= 11 is 0. The minimum absolute atomic E-state index is 0.259. The van der Waals surface area contributed by atoms with Crippen LogP contribution in [0.5, 0.6) is 0 Å². The van der Waals surface area contributed by atoms with Crippen LogP contribution in [0, 0.1) is 11.5 Å². The van der Waals surface area contributed by atoms with E-state index in [1.54, 1.807) is 0 Å². The van der Waals surface area contributed by atoms with E-state index in [-0.39, 0.29) is 5.56 Å². The van der Waals surface area contributed by atoms with Gasteiger partial charge in [-0.05, 0) is 11.6 Å². The molecule has 1 aromatic heterocycles. The van der Waals surface area contributed by atoms with Crippen molar-refractivity contribution < 1.29 is 17.4 Å². The van der Waals surface area contributed by atoms with Crippen molar-refractivity contribution in [1.29, 1.82) is 5.26 Å². The van der Waals surface area contributed by atoms with Gasteiger partial charge < -0.3 is 0 Å². The monoisotopic (exact) mass is 289 g/mol. The van der Waals surface area contributed by atoms with Gasteiger partial charge in [-0.2, -0.15) is 18.4 Å². The molecule has 102 valence electrons. The van der Waals surface area contributed by atoms with Crippen molar-refractivity contribution in [1.82, 2.24) is 4.98 Å². The lowest BCUT2D eigenvalue weighted by Crippen LogP contribution is -2.12. The molecule has 0 fully saturated rings. The van der Waals surface area contributed by atoms with Crippen LogP contribution in [0.4, 0.5) is 13.2 Å². The number of nitriles is 1. The predicted molar refractivity (Wildman–Crippen MR) is 64.3 cm³/mol. The Morgan fingerprint density at radius 1 is 1.58 bits per heavy atom. The second-order valence-corrected chi connectivity index (χ2v) is 6.10. The van der Waals surface area contributed by atoms with Gasteiger partial charge in [0.25, 0.3) is 0 Å². The third-order valence-corrected chi connectivity index (χ3v) is 4.16. The average molecular weight is 289 g/mol. The van der Waals surface area contributed by atoms with Crippen molar-refractivity contribution in [3.63, 3.8) is 0 Å². The minimum Gasteiger partial charge on any atom is -0.251 e. The molecule has 0 aliphatic heterocycles. The van der Waals surface area contributed by atoms with E-state index in [0.717, 1.165) is 18.3 Å². The summed E-state index contributed by atoms with van der Waals surface area (Å²) in [5, 5.41) is 7.59. The molecule has 0 aliphatic rings. The van der Waals surface area contributed by atoms with Crippen LogP contribution in [-0.4, -0.2) is 15.4 Å². The highest BCUT2D eigenvalue weighted by Crippen LogP contribution is 2.29. The van der Waals surface area contributed by atoms with E-state index in [0.29, 0.717) is 0 Å². The van der Waals surface area contributed by atoms with Crippen LogP contribution in [0.1, 0.15) is 16.5 Å². The van der Waals surface area contributed by atoms with Gasteiger partial charge in [-0.25, -0.2) is 4.21 Å². The Labute approximate surface area is 108 Å². The van der Waals surface area contributed by atoms with E-state index in [2.05, 4.69) is 15.9 Å². The molecular formula is C11H10F3N3OS. The zero-order valence-corrected chi connectivity index (χ0v) is 10.7. The number of alkyl halides is 3. The topological polar surface area (TPSA) is 66.1 Å². The zero-order chi connectivity index (χ0) is 14.7. The number of hydrogen-bond donors (Lipinski definition) is 0. The first-order valence-electron chi connectivity index (χ1n) is 4.97. The van der Waals surface area contributed by atoms with Crippen molar-refractivity contribution in [2.75, 3.05) is 6.26 Å². The second-order valence-electron chi connectivity index (χ2n) is 3.68. The van der Waals surface area contributed by atoms with Crippen LogP contribution in [0.2, 0.25) is 0 Å². The zero-order valence-electron chi connectivity index (χ0n) is 9.89. The van der Waals surface area contributed by atoms with Crippen molar-refractivity contribution in [3.8, 4) is 6.19 Å². The minimum atomic E-state index is -4.53. The summed E-state index contributed by atoms with van der Waals surface area (Å²) in [5.74, 6) is 0. The lowest BCUT2D eigenvalue weighted by molar-refractivity contribution is -0.141. The predicted octanol–water partition coefficient (Wildman–Crippen LogP) is 2.91. The van der Waals surface area contributed by atoms with E-state index in [1.165, 1.54) is 18.5 Å². The Morgan fingerprint density at radius 2 is 2.21 bits per heavy atom. The van der Waals surface area contributed by atoms with Gasteiger partial charge in [0, 0.05) is 12.5 Å². The average Bonchev–Trinajstić information content (AvgIpc) is 2.28. The number of pyridine rings is 1. The maximum Gasteiger partial charge on any atom is 0.433 e. The Bertz CT molecular complexity index is 622. The van der Waals surface area contributed by atoms with Gasteiger partial charge in [-0.15, -0.1) is 10.9 Å². The molecule has 4 nitrogen and oxygen atoms in total. The summed E-state index contributed by atoms with van der Waals surface area (Å²) in [6.07, 6.45) is 0.366. The summed E-state index contributed by atoms with van der Waals surface area (Å²) in [7, 11) is -2.95. The molecule has 0 amide bonds. The number of hydrogen-bond acceptors (Lipinski definition) is 4. The summed E-state index contributed by atoms with van der Waals surface area (Å²) in [5.41, 5.74) is -0.784. The van der Waals surface area contributed by atoms with Crippen LogP contribution in [0.15, 0.2) is 35.3 Å². The molecule has 19 heavy (non-hydrogen) atoms. The molecular weight excluding hydrogens is 279 g/mol. The lowest BCUT2D eigenvalue weighted by atomic mass is 10.2. The van der Waals surface area contributed by atoms with Gasteiger partial charge >= 0.3 is 6.18 Å². The Kier molecular flexibility index (Phi) is 4.32. The van der Waals surface area contributed by atoms with Gasteiger partial charge in [0.2, 0.25) is 6.19 Å². The van der Waals surface area contributed by atoms with Crippen LogP contribution in [-0.2, 0) is 15.9 Å². The molecule has 1 aromatic rings. The van der Waals surface area contributed by atoms with E-state index < -0.39 is 26.8 Å². The fourth-order valence-electron chi connectivity index (χ4n) is 1.45. The number of nitrogens with zero attached hydrogens (tertiary/aromatic N) is 3. The lowest BCUT2D eigenvalue weighted by Gasteiger charge is -2.14. The molecule has 0 radical (unpaired) electrons. The maximum atomic E-state index is 12.4. The third-order valence-electron chi connectivity index (χ3n) is 2.31. The second kappa shape index (κ2) is 5.40. The molecule has 1 rings (SSSR count). The first kappa shape index (κ1) is 15.2. The Hall–Kier alpha value is -1.88. The quantitative estimate of drug-likeness (QED) is 0.634. The van der Waals surface area contributed by atoms with Gasteiger partial charge in [-0.3, -0.25) is 4.98 Å². The van der Waals surface area contributed by atoms with Crippen molar-refractivity contribution in [3.05, 3.63) is 42.2 Å². The van der Waals surface area contributed by atoms with Crippen LogP contribution in [0.25, 0.3) is 0 Å². The highest BCUT2D eigenvalue weighted by Gasteiger charge is 2.32. The summed E-state index contributed by atoms with van der Waals surface area (Å²) < 4.78 is 52.4. The number of aromatic nitrogens is 1. The molecule has 2 atom stereocenters. The highest BCUT2D eigenvalue weighted by molar-refractivity contribution is 7.93. The van der Waals surface area contributed by atoms with Crippen molar-refractivity contribution in [2.45, 2.75) is 11.4 Å². The van der Waals surface area contributed by atoms with Gasteiger partial charge in [-0.1, -0.05) is 12.1 Å². The van der Waals surface area contributed by atoms with Gasteiger partial charge in [0.15, 0.2) is 0 Å². The van der Waals surface area contributed by atoms with Gasteiger partial charge in [0.05, 0.1) is 15.0 Å². The summed E-state index contributed by atoms with van der Waals surface area (Å²) in [6, 6.07) is 1.94. The molecule has 0 bridgehead atoms. The molecule has 0 saturated carbocycles. The van der Waals surface area contributed by atoms with E-state index >= 15 is 0 Å². The molecule has 0 N–H and O–H groups in total. The smallest absolute Gasteiger partial charge is 0.251 e. The molecule has 0 saturated heterocycles. The summed E-state index contributed by atoms with van der Waals surface area (Å²) in [4.78, 5) is 3.27. The first-order chi connectivity index (χ1) is 8.72. The normalized spacial score (nSPS) is 15.9. The van der Waals surface area contributed by atoms with Crippen molar-refractivity contribution in [2.24, 2.45) is 4.36 Å². The maximum absolute atomic E-state index is 12.4. The van der Waals surface area contributed by atoms with Crippen LogP contribution >= 0.6 is 0 Å². The Balaban J connectivity index is 3.24. The molecule has 1 heterocycles. The molecule has 1 unspecified atom stereocenters. The fraction of sp³-hybridized carbons (Fsp3) is 0.273. The standard InChI is InChI=1S/C11H10F3N3OS/c1-3-9(19(2,18)17-7-15)8-4-5-10(16-6-8)11(12,13)14/h3-6,9H,1H2,2H3/t9-,19?/m0/s1. The first-order valence-corrected chi connectivity index (χ1v) is 6.96. The number of halogens is 3. The molecule has 0 aromatic carbocycles. The van der Waals surface area contributed by atoms with Crippen LogP contribution < -0.4 is 0 Å². The Morgan fingerprint density at radius 3 is 2.58 bits per heavy atom. The van der Waals surface area contributed by atoms with Crippen molar-refractivity contribution >= 4 is 9.73 Å². The highest BCUT2D eigenvalue weighted by atomic mass is 32.2. The fourth-order valence-corrected chi connectivity index (χ4v) is 2.72. The number of rotatable bonds is 3. The van der Waals surface area contributed by atoms with Gasteiger partial charge in [0.1, 0.15) is 5.69 Å². The van der Waals surface area contributed by atoms with E-state index in [1.807, 2.05) is 0 Å². The molecule has 0 aliphatic carbocycles. The van der Waals surface area contributed by atoms with E-state index in [9.17, 15) is 17.4 Å². The summed E-state index contributed by atoms with van der Waals surface area (Å²) in [6.45, 7) is 3.46. The molecule has 0 spiro atoms. The van der Waals surface area contributed by atoms with Crippen LogP contribution in [0.3, 0.4) is 0 Å². The third kappa shape index (κ3) is 3.54. The van der Waals surface area contributed by atoms with E-state index in [4.69, 9.17) is 5.26 Å². The molecule has 8 heteroatoms. The largest absolute Gasteiger partial charge is 0.433 e. The SMILES string of the molecule is C=C[C@@H](c1ccc(C(F)(F)F)nc1)S(C)(=O)=NC#N.